The average Bonchev–Trinajstić information content (AvgIpc) is 3.26. The molecule has 0 saturated carbocycles. The van der Waals surface area contributed by atoms with E-state index < -0.39 is 0 Å². The van der Waals surface area contributed by atoms with E-state index in [1.165, 1.54) is 9.75 Å². The highest BCUT2D eigenvalue weighted by Crippen LogP contribution is 2.34. The first-order valence-electron chi connectivity index (χ1n) is 7.85. The average molecular weight is 335 g/mol. The van der Waals surface area contributed by atoms with Gasteiger partial charge in [0.05, 0.1) is 12.6 Å². The molecule has 1 aliphatic heterocycles. The Morgan fingerprint density at radius 1 is 1.32 bits per heavy atom. The van der Waals surface area contributed by atoms with Gasteiger partial charge in [0.2, 0.25) is 5.91 Å². The summed E-state index contributed by atoms with van der Waals surface area (Å²) in [5.41, 5.74) is 0. The third-order valence-electron chi connectivity index (χ3n) is 4.21. The number of nitrogens with zero attached hydrogens (tertiary/aromatic N) is 2. The Kier molecular flexibility index (Phi) is 5.28. The third-order valence-corrected chi connectivity index (χ3v) is 6.05. The van der Waals surface area contributed by atoms with Crippen LogP contribution in [0, 0.1) is 0 Å². The fraction of sp³-hybridized carbons (Fsp3) is 0.471. The van der Waals surface area contributed by atoms with E-state index in [4.69, 9.17) is 0 Å². The van der Waals surface area contributed by atoms with E-state index in [-0.39, 0.29) is 5.91 Å². The molecular weight excluding hydrogens is 312 g/mol. The summed E-state index contributed by atoms with van der Waals surface area (Å²) in [4.78, 5) is 19.7. The van der Waals surface area contributed by atoms with Gasteiger partial charge in [0, 0.05) is 22.8 Å². The van der Waals surface area contributed by atoms with Crippen molar-refractivity contribution in [2.45, 2.75) is 32.4 Å². The molecule has 3 heterocycles. The van der Waals surface area contributed by atoms with E-state index >= 15 is 0 Å². The maximum atomic E-state index is 12.7. The molecule has 0 spiro atoms. The van der Waals surface area contributed by atoms with Crippen LogP contribution in [0.3, 0.4) is 0 Å². The molecule has 0 aromatic carbocycles. The third kappa shape index (κ3) is 3.59. The van der Waals surface area contributed by atoms with Crippen molar-refractivity contribution in [1.29, 1.82) is 0 Å². The lowest BCUT2D eigenvalue weighted by atomic mass is 10.2. The van der Waals surface area contributed by atoms with Gasteiger partial charge in [0.15, 0.2) is 0 Å². The van der Waals surface area contributed by atoms with E-state index in [0.717, 1.165) is 32.5 Å². The highest BCUT2D eigenvalue weighted by molar-refractivity contribution is 7.10. The summed E-state index contributed by atoms with van der Waals surface area (Å²) >= 11 is 3.52. The Morgan fingerprint density at radius 2 is 2.14 bits per heavy atom. The van der Waals surface area contributed by atoms with E-state index in [9.17, 15) is 4.79 Å². The van der Waals surface area contributed by atoms with E-state index in [1.54, 1.807) is 22.7 Å². The van der Waals surface area contributed by atoms with Gasteiger partial charge in [-0.05, 0) is 42.3 Å². The second kappa shape index (κ2) is 7.40. The number of carbonyl (C=O) groups excluding carboxylic acids is 1. The van der Waals surface area contributed by atoms with Gasteiger partial charge in [0.25, 0.3) is 0 Å². The monoisotopic (exact) mass is 334 g/mol. The molecule has 3 rings (SSSR count). The van der Waals surface area contributed by atoms with Gasteiger partial charge in [-0.15, -0.1) is 22.7 Å². The Balaban J connectivity index is 1.62. The van der Waals surface area contributed by atoms with Gasteiger partial charge in [-0.2, -0.15) is 0 Å². The number of amides is 1. The van der Waals surface area contributed by atoms with Gasteiger partial charge in [-0.3, -0.25) is 9.69 Å². The van der Waals surface area contributed by atoms with Gasteiger partial charge in [-0.25, -0.2) is 0 Å². The highest BCUT2D eigenvalue weighted by atomic mass is 32.1. The van der Waals surface area contributed by atoms with Crippen LogP contribution in [0.5, 0.6) is 0 Å². The fourth-order valence-corrected chi connectivity index (χ4v) is 4.65. The first-order valence-corrected chi connectivity index (χ1v) is 9.61. The first-order chi connectivity index (χ1) is 10.8. The number of likely N-dealkylation sites (N-methyl/N-ethyl adjacent to an activating group) is 1. The number of thiophene rings is 2. The summed E-state index contributed by atoms with van der Waals surface area (Å²) in [6.07, 6.45) is 2.22. The van der Waals surface area contributed by atoms with Crippen molar-refractivity contribution >= 4 is 28.6 Å². The minimum Gasteiger partial charge on any atom is -0.334 e. The molecule has 0 bridgehead atoms. The Bertz CT molecular complexity index is 580. The molecule has 1 aliphatic rings. The Labute approximate surface area is 140 Å². The topological polar surface area (TPSA) is 23.6 Å². The van der Waals surface area contributed by atoms with Crippen molar-refractivity contribution in [2.75, 3.05) is 19.6 Å². The number of likely N-dealkylation sites (tertiary alicyclic amines) is 1. The van der Waals surface area contributed by atoms with E-state index in [1.807, 2.05) is 0 Å². The molecule has 2 aromatic heterocycles. The van der Waals surface area contributed by atoms with Gasteiger partial charge >= 0.3 is 0 Å². The number of hydrogen-bond acceptors (Lipinski definition) is 4. The minimum absolute atomic E-state index is 0.273. The molecule has 0 radical (unpaired) electrons. The quantitative estimate of drug-likeness (QED) is 0.797. The molecule has 1 fully saturated rings. The second-order valence-corrected chi connectivity index (χ2v) is 7.65. The molecule has 118 valence electrons. The second-order valence-electron chi connectivity index (χ2n) is 5.64. The summed E-state index contributed by atoms with van der Waals surface area (Å²) in [6.45, 7) is 5.33. The highest BCUT2D eigenvalue weighted by Gasteiger charge is 2.31. The molecule has 5 heteroatoms. The van der Waals surface area contributed by atoms with Crippen molar-refractivity contribution in [1.82, 2.24) is 9.80 Å². The summed E-state index contributed by atoms with van der Waals surface area (Å²) in [7, 11) is 0. The smallest absolute Gasteiger partial charge is 0.237 e. The standard InChI is InChI=1S/C17H22N2OS2/c1-2-18(12-14-6-4-10-21-14)13-17(20)19-9-3-7-15(19)16-8-5-11-22-16/h4-6,8,10-11,15H,2-3,7,9,12-13H2,1H3. The molecule has 1 saturated heterocycles. The summed E-state index contributed by atoms with van der Waals surface area (Å²) in [5.74, 6) is 0.273. The molecule has 3 nitrogen and oxygen atoms in total. The van der Waals surface area contributed by atoms with Crippen LogP contribution >= 0.6 is 22.7 Å². The summed E-state index contributed by atoms with van der Waals surface area (Å²) in [5, 5.41) is 4.20. The molecule has 22 heavy (non-hydrogen) atoms. The number of carbonyl (C=O) groups is 1. The van der Waals surface area contributed by atoms with Crippen LogP contribution in [-0.4, -0.2) is 35.3 Å². The lowest BCUT2D eigenvalue weighted by molar-refractivity contribution is -0.133. The minimum atomic E-state index is 0.273. The SMILES string of the molecule is CCN(CC(=O)N1CCCC1c1cccs1)Cc1cccs1. The van der Waals surface area contributed by atoms with Crippen LogP contribution in [0.25, 0.3) is 0 Å². The molecule has 1 atom stereocenters. The van der Waals surface area contributed by atoms with Crippen molar-refractivity contribution < 1.29 is 4.79 Å². The lowest BCUT2D eigenvalue weighted by Gasteiger charge is -2.27. The number of hydrogen-bond donors (Lipinski definition) is 0. The van der Waals surface area contributed by atoms with Crippen molar-refractivity contribution in [3.8, 4) is 0 Å². The van der Waals surface area contributed by atoms with Crippen molar-refractivity contribution in [3.63, 3.8) is 0 Å². The number of rotatable bonds is 6. The van der Waals surface area contributed by atoms with Crippen molar-refractivity contribution in [3.05, 3.63) is 44.8 Å². The van der Waals surface area contributed by atoms with Crippen LogP contribution in [0.1, 0.15) is 35.6 Å². The van der Waals surface area contributed by atoms with Gasteiger partial charge in [0.1, 0.15) is 0 Å². The lowest BCUT2D eigenvalue weighted by Crippen LogP contribution is -2.39. The van der Waals surface area contributed by atoms with Crippen LogP contribution in [-0.2, 0) is 11.3 Å². The van der Waals surface area contributed by atoms with Gasteiger partial charge in [-0.1, -0.05) is 19.1 Å². The summed E-state index contributed by atoms with van der Waals surface area (Å²) in [6, 6.07) is 8.75. The zero-order valence-corrected chi connectivity index (χ0v) is 14.5. The van der Waals surface area contributed by atoms with Crippen molar-refractivity contribution in [2.24, 2.45) is 0 Å². The van der Waals surface area contributed by atoms with Crippen LogP contribution < -0.4 is 0 Å². The zero-order chi connectivity index (χ0) is 15.4. The molecular formula is C17H22N2OS2. The summed E-state index contributed by atoms with van der Waals surface area (Å²) < 4.78 is 0. The van der Waals surface area contributed by atoms with E-state index in [2.05, 4.69) is 51.7 Å². The molecule has 0 N–H and O–H groups in total. The zero-order valence-electron chi connectivity index (χ0n) is 12.9. The Hall–Kier alpha value is -1.17. The predicted octanol–water partition coefficient (Wildman–Crippen LogP) is 4.00. The van der Waals surface area contributed by atoms with Crippen LogP contribution in [0.4, 0.5) is 0 Å². The molecule has 1 unspecified atom stereocenters. The largest absolute Gasteiger partial charge is 0.334 e. The maximum Gasteiger partial charge on any atom is 0.237 e. The molecule has 0 aliphatic carbocycles. The molecule has 1 amide bonds. The molecule has 2 aromatic rings. The fourth-order valence-electron chi connectivity index (χ4n) is 3.03. The van der Waals surface area contributed by atoms with E-state index in [0.29, 0.717) is 12.6 Å². The van der Waals surface area contributed by atoms with Crippen LogP contribution in [0.2, 0.25) is 0 Å². The van der Waals surface area contributed by atoms with Gasteiger partial charge < -0.3 is 4.90 Å². The van der Waals surface area contributed by atoms with Crippen LogP contribution in [0.15, 0.2) is 35.0 Å². The normalized spacial score (nSPS) is 18.3. The first kappa shape index (κ1) is 15.7. The maximum absolute atomic E-state index is 12.7. The predicted molar refractivity (Wildman–Crippen MR) is 93.3 cm³/mol. The Morgan fingerprint density at radius 3 is 2.82 bits per heavy atom.